The van der Waals surface area contributed by atoms with Crippen molar-refractivity contribution in [1.29, 1.82) is 0 Å². The lowest BCUT2D eigenvalue weighted by atomic mass is 9.76. The number of rotatable bonds is 3. The average molecular weight is 411 g/mol. The van der Waals surface area contributed by atoms with Gasteiger partial charge in [0, 0.05) is 28.6 Å². The van der Waals surface area contributed by atoms with E-state index in [1.54, 1.807) is 13.0 Å². The van der Waals surface area contributed by atoms with Gasteiger partial charge in [0.2, 0.25) is 0 Å². The number of aromatic amines is 1. The summed E-state index contributed by atoms with van der Waals surface area (Å²) in [6.07, 6.45) is 1.27. The lowest BCUT2D eigenvalue weighted by Gasteiger charge is -2.28. The number of H-pyrrole nitrogens is 1. The molecule has 0 bridgehead atoms. The number of anilines is 1. The molecule has 0 atom stereocenters. The van der Waals surface area contributed by atoms with Gasteiger partial charge < -0.3 is 4.98 Å². The van der Waals surface area contributed by atoms with Gasteiger partial charge in [-0.3, -0.25) is 9.52 Å². The predicted octanol–water partition coefficient (Wildman–Crippen LogP) is 5.05. The van der Waals surface area contributed by atoms with E-state index in [0.29, 0.717) is 28.8 Å². The first-order valence-electron chi connectivity index (χ1n) is 9.76. The summed E-state index contributed by atoms with van der Waals surface area (Å²) in [5.41, 5.74) is 5.18. The molecule has 152 valence electrons. The Labute approximate surface area is 171 Å². The summed E-state index contributed by atoms with van der Waals surface area (Å²) in [4.78, 5) is 16.3. The van der Waals surface area contributed by atoms with Gasteiger partial charge >= 0.3 is 0 Å². The molecule has 0 radical (unpaired) electrons. The number of aryl methyl sites for hydroxylation is 3. The first-order valence-corrected chi connectivity index (χ1v) is 11.2. The molecular weight excluding hydrogens is 384 g/mol. The third-order valence-electron chi connectivity index (χ3n) is 5.75. The number of nitrogens with one attached hydrogen (secondary N) is 2. The van der Waals surface area contributed by atoms with Crippen LogP contribution in [0.1, 0.15) is 53.0 Å². The molecule has 0 fully saturated rings. The highest BCUT2D eigenvalue weighted by atomic mass is 32.2. The number of sulfonamides is 1. The maximum atomic E-state index is 13.2. The Morgan fingerprint density at radius 3 is 2.31 bits per heavy atom. The molecule has 1 aliphatic rings. The first kappa shape index (κ1) is 19.7. The zero-order valence-electron chi connectivity index (χ0n) is 17.4. The number of carbonyl (C=O) groups is 1. The third-order valence-corrected chi connectivity index (χ3v) is 7.24. The Kier molecular flexibility index (Phi) is 4.39. The van der Waals surface area contributed by atoms with Crippen molar-refractivity contribution in [2.75, 3.05) is 4.72 Å². The van der Waals surface area contributed by atoms with E-state index in [4.69, 9.17) is 0 Å². The molecule has 0 saturated carbocycles. The zero-order valence-corrected chi connectivity index (χ0v) is 18.3. The average Bonchev–Trinajstić information content (AvgIpc) is 2.93. The van der Waals surface area contributed by atoms with E-state index in [0.717, 1.165) is 28.6 Å². The molecule has 0 amide bonds. The van der Waals surface area contributed by atoms with E-state index in [1.807, 2.05) is 38.1 Å². The largest absolute Gasteiger partial charge is 0.358 e. The molecular formula is C23H26N2O3S. The van der Waals surface area contributed by atoms with Crippen LogP contribution < -0.4 is 4.72 Å². The Morgan fingerprint density at radius 2 is 1.66 bits per heavy atom. The standard InChI is InChI=1S/C23H26N2O3S/c1-13-7-6-8-14(2)22(13)25-29(27,28)20-10-17-16(9-15(20)3)21-18(24-17)11-23(4,5)12-19(21)26/h6-10,24-25H,11-12H2,1-5H3. The molecule has 2 aromatic carbocycles. The number of Topliss-reactive ketones (excluding diaryl/α,β-unsaturated/α-hetero) is 1. The van der Waals surface area contributed by atoms with Crippen molar-refractivity contribution < 1.29 is 13.2 Å². The molecule has 1 aliphatic carbocycles. The number of ketones is 1. The van der Waals surface area contributed by atoms with Gasteiger partial charge in [-0.25, -0.2) is 8.42 Å². The maximum absolute atomic E-state index is 13.2. The summed E-state index contributed by atoms with van der Waals surface area (Å²) in [5, 5.41) is 0.809. The quantitative estimate of drug-likeness (QED) is 0.634. The van der Waals surface area contributed by atoms with Gasteiger partial charge in [-0.05, 0) is 61.4 Å². The molecule has 0 saturated heterocycles. The van der Waals surface area contributed by atoms with E-state index in [2.05, 4.69) is 23.6 Å². The van der Waals surface area contributed by atoms with Crippen molar-refractivity contribution in [2.24, 2.45) is 5.41 Å². The second-order valence-electron chi connectivity index (χ2n) is 8.96. The normalized spacial score (nSPS) is 16.1. The van der Waals surface area contributed by atoms with Crippen LogP contribution in [0, 0.1) is 26.2 Å². The van der Waals surface area contributed by atoms with Crippen LogP contribution in [0.4, 0.5) is 5.69 Å². The summed E-state index contributed by atoms with van der Waals surface area (Å²) >= 11 is 0. The van der Waals surface area contributed by atoms with E-state index >= 15 is 0 Å². The third kappa shape index (κ3) is 3.35. The molecule has 2 N–H and O–H groups in total. The topological polar surface area (TPSA) is 79.0 Å². The van der Waals surface area contributed by atoms with Crippen molar-refractivity contribution in [3.63, 3.8) is 0 Å². The maximum Gasteiger partial charge on any atom is 0.262 e. The van der Waals surface area contributed by atoms with Crippen LogP contribution in [0.5, 0.6) is 0 Å². The Hall–Kier alpha value is -2.60. The number of para-hydroxylation sites is 1. The van der Waals surface area contributed by atoms with Crippen LogP contribution in [0.3, 0.4) is 0 Å². The fraction of sp³-hybridized carbons (Fsp3) is 0.348. The van der Waals surface area contributed by atoms with Crippen molar-refractivity contribution in [3.05, 3.63) is 58.3 Å². The molecule has 4 rings (SSSR count). The fourth-order valence-electron chi connectivity index (χ4n) is 4.36. The molecule has 0 aliphatic heterocycles. The van der Waals surface area contributed by atoms with Gasteiger partial charge in [0.1, 0.15) is 0 Å². The van der Waals surface area contributed by atoms with Gasteiger partial charge in [0.15, 0.2) is 5.78 Å². The van der Waals surface area contributed by atoms with Crippen LogP contribution in [0.25, 0.3) is 10.9 Å². The van der Waals surface area contributed by atoms with E-state index in [-0.39, 0.29) is 16.1 Å². The Morgan fingerprint density at radius 1 is 1.00 bits per heavy atom. The number of carbonyl (C=O) groups excluding carboxylic acids is 1. The molecule has 6 heteroatoms. The lowest BCUT2D eigenvalue weighted by molar-refractivity contribution is 0.0913. The van der Waals surface area contributed by atoms with Crippen molar-refractivity contribution in [2.45, 2.75) is 52.4 Å². The molecule has 5 nitrogen and oxygen atoms in total. The fourth-order valence-corrected chi connectivity index (χ4v) is 5.81. The van der Waals surface area contributed by atoms with E-state index in [9.17, 15) is 13.2 Å². The molecule has 0 unspecified atom stereocenters. The van der Waals surface area contributed by atoms with Crippen LogP contribution >= 0.6 is 0 Å². The zero-order chi connectivity index (χ0) is 21.1. The van der Waals surface area contributed by atoms with Crippen molar-refractivity contribution >= 4 is 32.4 Å². The predicted molar refractivity (Wildman–Crippen MR) is 116 cm³/mol. The van der Waals surface area contributed by atoms with Crippen molar-refractivity contribution in [1.82, 2.24) is 4.98 Å². The number of hydrogen-bond acceptors (Lipinski definition) is 3. The summed E-state index contributed by atoms with van der Waals surface area (Å²) < 4.78 is 29.1. The van der Waals surface area contributed by atoms with Crippen LogP contribution in [-0.2, 0) is 16.4 Å². The van der Waals surface area contributed by atoms with Gasteiger partial charge in [0.05, 0.1) is 10.6 Å². The molecule has 0 spiro atoms. The summed E-state index contributed by atoms with van der Waals surface area (Å²) in [6.45, 7) is 9.69. The van der Waals surface area contributed by atoms with Gasteiger partial charge in [0.25, 0.3) is 10.0 Å². The summed E-state index contributed by atoms with van der Waals surface area (Å²) in [7, 11) is -3.77. The minimum absolute atomic E-state index is 0.0984. The number of hydrogen-bond donors (Lipinski definition) is 2. The minimum atomic E-state index is -3.77. The Balaban J connectivity index is 1.83. The van der Waals surface area contributed by atoms with Crippen LogP contribution in [0.15, 0.2) is 35.2 Å². The van der Waals surface area contributed by atoms with Gasteiger partial charge in [-0.15, -0.1) is 0 Å². The molecule has 1 aromatic heterocycles. The number of benzene rings is 2. The van der Waals surface area contributed by atoms with E-state index < -0.39 is 10.0 Å². The van der Waals surface area contributed by atoms with Crippen molar-refractivity contribution in [3.8, 4) is 0 Å². The highest BCUT2D eigenvalue weighted by molar-refractivity contribution is 7.92. The molecule has 3 aromatic rings. The van der Waals surface area contributed by atoms with E-state index in [1.165, 1.54) is 0 Å². The molecule has 29 heavy (non-hydrogen) atoms. The number of fused-ring (bicyclic) bond motifs is 3. The van der Waals surface area contributed by atoms with Crippen LogP contribution in [-0.4, -0.2) is 19.2 Å². The summed E-state index contributed by atoms with van der Waals surface area (Å²) in [5.74, 6) is 0.117. The second-order valence-corrected chi connectivity index (χ2v) is 10.6. The van der Waals surface area contributed by atoms with Crippen LogP contribution in [0.2, 0.25) is 0 Å². The lowest BCUT2D eigenvalue weighted by Crippen LogP contribution is -2.26. The minimum Gasteiger partial charge on any atom is -0.358 e. The van der Waals surface area contributed by atoms with Gasteiger partial charge in [-0.1, -0.05) is 32.0 Å². The Bertz CT molecular complexity index is 1250. The monoisotopic (exact) mass is 410 g/mol. The molecule has 1 heterocycles. The second kappa shape index (κ2) is 6.46. The van der Waals surface area contributed by atoms with Gasteiger partial charge in [-0.2, -0.15) is 0 Å². The summed E-state index contributed by atoms with van der Waals surface area (Å²) in [6, 6.07) is 9.14. The first-order chi connectivity index (χ1) is 13.5. The highest BCUT2D eigenvalue weighted by Gasteiger charge is 2.34. The SMILES string of the molecule is Cc1cc2c3c([nH]c2cc1S(=O)(=O)Nc1c(C)cccc1C)CC(C)(C)CC3=O. The number of aromatic nitrogens is 1. The highest BCUT2D eigenvalue weighted by Crippen LogP contribution is 2.39. The smallest absolute Gasteiger partial charge is 0.262 e.